The maximum atomic E-state index is 12.2. The molecule has 5 heteroatoms. The summed E-state index contributed by atoms with van der Waals surface area (Å²) in [7, 11) is 0. The van der Waals surface area contributed by atoms with Crippen LogP contribution in [-0.4, -0.2) is 22.4 Å². The second-order valence-electron chi connectivity index (χ2n) is 7.31. The number of nitrogens with one attached hydrogen (secondary N) is 1. The molecule has 0 atom stereocenters. The number of fused-ring (bicyclic) bond motifs is 1. The lowest BCUT2D eigenvalue weighted by Crippen LogP contribution is -2.27. The predicted molar refractivity (Wildman–Crippen MR) is 110 cm³/mol. The van der Waals surface area contributed by atoms with Gasteiger partial charge in [-0.15, -0.1) is 11.3 Å². The van der Waals surface area contributed by atoms with E-state index in [0.717, 1.165) is 27.9 Å². The average molecular weight is 380 g/mol. The number of thiazole rings is 1. The van der Waals surface area contributed by atoms with Crippen molar-refractivity contribution in [2.45, 2.75) is 50.9 Å². The molecule has 1 aliphatic carbocycles. The molecule has 0 saturated heterocycles. The van der Waals surface area contributed by atoms with E-state index >= 15 is 0 Å². The summed E-state index contributed by atoms with van der Waals surface area (Å²) in [6, 6.07) is 10.0. The zero-order valence-electron chi connectivity index (χ0n) is 15.5. The van der Waals surface area contributed by atoms with E-state index in [0.29, 0.717) is 18.9 Å². The fourth-order valence-corrected chi connectivity index (χ4v) is 4.68. The van der Waals surface area contributed by atoms with E-state index in [-0.39, 0.29) is 5.91 Å². The van der Waals surface area contributed by atoms with Gasteiger partial charge in [0.15, 0.2) is 0 Å². The number of carbonyl (C=O) groups excluding carboxylic acids is 1. The molecule has 2 aromatic heterocycles. The molecule has 1 N–H and O–H groups in total. The number of hydrogen-bond acceptors (Lipinski definition) is 4. The highest BCUT2D eigenvalue weighted by Gasteiger charge is 2.18. The molecule has 2 heterocycles. The Morgan fingerprint density at radius 2 is 2.04 bits per heavy atom. The first-order valence-electron chi connectivity index (χ1n) is 9.82. The van der Waals surface area contributed by atoms with Crippen LogP contribution in [0.2, 0.25) is 0 Å². The molecule has 27 heavy (non-hydrogen) atoms. The van der Waals surface area contributed by atoms with Gasteiger partial charge in [0.1, 0.15) is 0 Å². The Kier molecular flexibility index (Phi) is 5.78. The van der Waals surface area contributed by atoms with Crippen LogP contribution in [0.4, 0.5) is 0 Å². The number of hydrogen-bond donors (Lipinski definition) is 1. The molecule has 0 spiro atoms. The first kappa shape index (κ1) is 18.1. The third-order valence-electron chi connectivity index (χ3n) is 5.27. The van der Waals surface area contributed by atoms with Crippen molar-refractivity contribution in [2.24, 2.45) is 0 Å². The minimum Gasteiger partial charge on any atom is -0.355 e. The maximum Gasteiger partial charge on any atom is 0.224 e. The molecule has 4 rings (SSSR count). The van der Waals surface area contributed by atoms with E-state index in [1.165, 1.54) is 37.8 Å². The Balaban J connectivity index is 1.26. The molecule has 4 nitrogen and oxygen atoms in total. The summed E-state index contributed by atoms with van der Waals surface area (Å²) in [6.07, 6.45) is 9.54. The van der Waals surface area contributed by atoms with Gasteiger partial charge in [-0.05, 0) is 30.5 Å². The van der Waals surface area contributed by atoms with Crippen LogP contribution in [0.5, 0.6) is 0 Å². The summed E-state index contributed by atoms with van der Waals surface area (Å²) in [6.45, 7) is 0.636. The van der Waals surface area contributed by atoms with Crippen LogP contribution in [0.15, 0.2) is 41.9 Å². The monoisotopic (exact) mass is 379 g/mol. The van der Waals surface area contributed by atoms with Gasteiger partial charge in [-0.1, -0.05) is 37.5 Å². The molecule has 1 amide bonds. The first-order valence-corrected chi connectivity index (χ1v) is 10.7. The van der Waals surface area contributed by atoms with Gasteiger partial charge in [0.05, 0.1) is 22.6 Å². The summed E-state index contributed by atoms with van der Waals surface area (Å²) in [4.78, 5) is 21.5. The van der Waals surface area contributed by atoms with Crippen molar-refractivity contribution >= 4 is 28.1 Å². The van der Waals surface area contributed by atoms with Crippen molar-refractivity contribution < 1.29 is 4.79 Å². The lowest BCUT2D eigenvalue weighted by molar-refractivity contribution is -0.120. The van der Waals surface area contributed by atoms with Gasteiger partial charge >= 0.3 is 0 Å². The van der Waals surface area contributed by atoms with Gasteiger partial charge in [-0.2, -0.15) is 0 Å². The Labute approximate surface area is 164 Å². The lowest BCUT2D eigenvalue weighted by atomic mass is 9.87. The van der Waals surface area contributed by atoms with Crippen LogP contribution in [0.3, 0.4) is 0 Å². The third kappa shape index (κ3) is 4.72. The van der Waals surface area contributed by atoms with Crippen molar-refractivity contribution in [2.75, 3.05) is 6.54 Å². The second-order valence-corrected chi connectivity index (χ2v) is 8.26. The second kappa shape index (κ2) is 8.61. The number of para-hydroxylation sites is 1. The highest BCUT2D eigenvalue weighted by Crippen LogP contribution is 2.33. The number of carbonyl (C=O) groups is 1. The molecule has 1 aliphatic rings. The summed E-state index contributed by atoms with van der Waals surface area (Å²) < 4.78 is 0. The van der Waals surface area contributed by atoms with Crippen molar-refractivity contribution in [3.8, 4) is 0 Å². The van der Waals surface area contributed by atoms with E-state index in [9.17, 15) is 4.79 Å². The number of benzene rings is 1. The highest BCUT2D eigenvalue weighted by atomic mass is 32.1. The van der Waals surface area contributed by atoms with Crippen LogP contribution < -0.4 is 5.32 Å². The van der Waals surface area contributed by atoms with E-state index in [1.807, 2.05) is 30.3 Å². The van der Waals surface area contributed by atoms with Crippen LogP contribution in [0.1, 0.15) is 54.3 Å². The number of rotatable bonds is 6. The first-order chi connectivity index (χ1) is 13.3. The van der Waals surface area contributed by atoms with E-state index < -0.39 is 0 Å². The van der Waals surface area contributed by atoms with Crippen LogP contribution in [0.25, 0.3) is 10.9 Å². The fraction of sp³-hybridized carbons (Fsp3) is 0.409. The molecule has 0 unspecified atom stereocenters. The number of aromatic nitrogens is 2. The Bertz CT molecular complexity index is 915. The predicted octanol–water partition coefficient (Wildman–Crippen LogP) is 4.64. The number of pyridine rings is 1. The topological polar surface area (TPSA) is 54.9 Å². The summed E-state index contributed by atoms with van der Waals surface area (Å²) >= 11 is 1.73. The molecule has 140 valence electrons. The van der Waals surface area contributed by atoms with Gasteiger partial charge in [0.25, 0.3) is 0 Å². The third-order valence-corrected chi connectivity index (χ3v) is 6.19. The molecule has 1 aromatic carbocycles. The van der Waals surface area contributed by atoms with Crippen molar-refractivity contribution in [1.82, 2.24) is 15.3 Å². The minimum absolute atomic E-state index is 0.0381. The van der Waals surface area contributed by atoms with Crippen molar-refractivity contribution in [3.05, 3.63) is 58.2 Å². The quantitative estimate of drug-likeness (QED) is 0.679. The Hall–Kier alpha value is -2.27. The number of nitrogens with zero attached hydrogens (tertiary/aromatic N) is 2. The van der Waals surface area contributed by atoms with Crippen molar-refractivity contribution in [1.29, 1.82) is 0 Å². The van der Waals surface area contributed by atoms with E-state index in [4.69, 9.17) is 4.98 Å². The summed E-state index contributed by atoms with van der Waals surface area (Å²) in [5, 5.41) is 7.43. The molecule has 0 aliphatic heterocycles. The molecule has 3 aromatic rings. The SMILES string of the molecule is O=C(Cc1cnc2ccccc2c1)NCCc1nc(C2CCCCC2)cs1. The lowest BCUT2D eigenvalue weighted by Gasteiger charge is -2.19. The highest BCUT2D eigenvalue weighted by molar-refractivity contribution is 7.09. The molecule has 1 saturated carbocycles. The molecule has 0 radical (unpaired) electrons. The van der Waals surface area contributed by atoms with Gasteiger partial charge in [0.2, 0.25) is 5.91 Å². The van der Waals surface area contributed by atoms with Crippen LogP contribution >= 0.6 is 11.3 Å². The fourth-order valence-electron chi connectivity index (χ4n) is 3.80. The minimum atomic E-state index is 0.0381. The Morgan fingerprint density at radius 3 is 2.93 bits per heavy atom. The maximum absolute atomic E-state index is 12.2. The molecular weight excluding hydrogens is 354 g/mol. The van der Waals surface area contributed by atoms with Crippen LogP contribution in [0, 0.1) is 0 Å². The standard InChI is InChI=1S/C22H25N3OS/c26-21(13-16-12-18-8-4-5-9-19(18)24-14-16)23-11-10-22-25-20(15-27-22)17-6-2-1-3-7-17/h4-5,8-9,12,14-15,17H,1-3,6-7,10-11,13H2,(H,23,26). The van der Waals surface area contributed by atoms with Gasteiger partial charge in [-0.3, -0.25) is 9.78 Å². The number of amides is 1. The average Bonchev–Trinajstić information content (AvgIpc) is 3.17. The Morgan fingerprint density at radius 1 is 1.19 bits per heavy atom. The van der Waals surface area contributed by atoms with Gasteiger partial charge in [-0.25, -0.2) is 4.98 Å². The molecule has 1 fully saturated rings. The van der Waals surface area contributed by atoms with Crippen molar-refractivity contribution in [3.63, 3.8) is 0 Å². The van der Waals surface area contributed by atoms with Gasteiger partial charge < -0.3 is 5.32 Å². The summed E-state index contributed by atoms with van der Waals surface area (Å²) in [5.74, 6) is 0.690. The molecular formula is C22H25N3OS. The largest absolute Gasteiger partial charge is 0.355 e. The smallest absolute Gasteiger partial charge is 0.224 e. The normalized spacial score (nSPS) is 15.1. The van der Waals surface area contributed by atoms with Crippen LogP contribution in [-0.2, 0) is 17.6 Å². The molecule has 0 bridgehead atoms. The zero-order chi connectivity index (χ0) is 18.5. The van der Waals surface area contributed by atoms with E-state index in [1.54, 1.807) is 17.5 Å². The zero-order valence-corrected chi connectivity index (χ0v) is 16.3. The van der Waals surface area contributed by atoms with Gasteiger partial charge in [0, 0.05) is 35.8 Å². The van der Waals surface area contributed by atoms with E-state index in [2.05, 4.69) is 15.7 Å². The summed E-state index contributed by atoms with van der Waals surface area (Å²) in [5.41, 5.74) is 3.17.